The van der Waals surface area contributed by atoms with Crippen molar-refractivity contribution in [1.29, 1.82) is 0 Å². The summed E-state index contributed by atoms with van der Waals surface area (Å²) in [5, 5.41) is 6.43. The summed E-state index contributed by atoms with van der Waals surface area (Å²) in [7, 11) is 0. The Morgan fingerprint density at radius 2 is 2.03 bits per heavy atom. The molecule has 0 unspecified atom stereocenters. The third kappa shape index (κ3) is 4.09. The third-order valence-corrected chi connectivity index (χ3v) is 6.35. The van der Waals surface area contributed by atoms with Gasteiger partial charge in [0.2, 0.25) is 5.91 Å². The number of carbonyl (C=O) groups excluding carboxylic acids is 2. The summed E-state index contributed by atoms with van der Waals surface area (Å²) < 4.78 is 5.43. The van der Waals surface area contributed by atoms with Crippen LogP contribution >= 0.6 is 11.3 Å². The normalized spacial score (nSPS) is 15.8. The number of ether oxygens (including phenoxy) is 1. The second-order valence-corrected chi connectivity index (χ2v) is 8.52. The molecular formula is C24H22N4O3S. The van der Waals surface area contributed by atoms with Gasteiger partial charge in [0, 0.05) is 29.1 Å². The van der Waals surface area contributed by atoms with E-state index < -0.39 is 12.1 Å². The van der Waals surface area contributed by atoms with E-state index in [2.05, 4.69) is 15.3 Å². The van der Waals surface area contributed by atoms with Gasteiger partial charge in [-0.15, -0.1) is 11.3 Å². The van der Waals surface area contributed by atoms with Gasteiger partial charge in [-0.3, -0.25) is 9.69 Å². The average molecular weight is 447 g/mol. The second kappa shape index (κ2) is 8.84. The minimum Gasteiger partial charge on any atom is -0.445 e. The quantitative estimate of drug-likeness (QED) is 0.450. The highest BCUT2D eigenvalue weighted by atomic mass is 32.1. The van der Waals surface area contributed by atoms with E-state index in [9.17, 15) is 9.59 Å². The fourth-order valence-corrected chi connectivity index (χ4v) is 4.72. The van der Waals surface area contributed by atoms with Crippen LogP contribution in [0.5, 0.6) is 0 Å². The van der Waals surface area contributed by atoms with Gasteiger partial charge < -0.3 is 15.0 Å². The van der Waals surface area contributed by atoms with Crippen LogP contribution in [0, 0.1) is 0 Å². The number of benzene rings is 2. The number of thiazole rings is 1. The lowest BCUT2D eigenvalue weighted by Crippen LogP contribution is -2.43. The molecule has 32 heavy (non-hydrogen) atoms. The minimum atomic E-state index is -0.558. The molecule has 1 saturated heterocycles. The van der Waals surface area contributed by atoms with Crippen LogP contribution in [0.2, 0.25) is 0 Å². The molecule has 0 saturated carbocycles. The predicted molar refractivity (Wildman–Crippen MR) is 124 cm³/mol. The van der Waals surface area contributed by atoms with E-state index in [1.54, 1.807) is 0 Å². The summed E-state index contributed by atoms with van der Waals surface area (Å²) in [6, 6.07) is 17.0. The first-order chi connectivity index (χ1) is 15.7. The van der Waals surface area contributed by atoms with E-state index in [0.29, 0.717) is 18.1 Å². The van der Waals surface area contributed by atoms with Crippen molar-refractivity contribution in [2.24, 2.45) is 0 Å². The maximum Gasteiger partial charge on any atom is 0.410 e. The van der Waals surface area contributed by atoms with Crippen LogP contribution < -0.4 is 5.32 Å². The highest BCUT2D eigenvalue weighted by molar-refractivity contribution is 7.14. The van der Waals surface area contributed by atoms with Gasteiger partial charge in [0.15, 0.2) is 5.13 Å². The first-order valence-electron chi connectivity index (χ1n) is 10.5. The maximum absolute atomic E-state index is 12.9. The van der Waals surface area contributed by atoms with Crippen LogP contribution in [-0.4, -0.2) is 39.5 Å². The molecule has 2 aromatic heterocycles. The molecule has 0 spiro atoms. The Balaban J connectivity index is 1.24. The molecule has 1 aliphatic heterocycles. The summed E-state index contributed by atoms with van der Waals surface area (Å²) in [5.41, 5.74) is 3.70. The number of aromatic amines is 1. The molecular weight excluding hydrogens is 424 g/mol. The lowest BCUT2D eigenvalue weighted by atomic mass is 10.1. The van der Waals surface area contributed by atoms with Gasteiger partial charge in [0.05, 0.1) is 11.2 Å². The number of H-pyrrole nitrogens is 1. The molecule has 2 N–H and O–H groups in total. The van der Waals surface area contributed by atoms with Crippen molar-refractivity contribution < 1.29 is 14.3 Å². The zero-order chi connectivity index (χ0) is 21.9. The first kappa shape index (κ1) is 20.3. The molecule has 3 heterocycles. The molecule has 8 heteroatoms. The van der Waals surface area contributed by atoms with Crippen LogP contribution in [0.15, 0.2) is 66.2 Å². The molecule has 1 aliphatic rings. The molecule has 1 fully saturated rings. The van der Waals surface area contributed by atoms with Gasteiger partial charge in [-0.2, -0.15) is 0 Å². The molecule has 4 aromatic rings. The number of carbonyl (C=O) groups is 2. The summed E-state index contributed by atoms with van der Waals surface area (Å²) in [5.74, 6) is -0.238. The molecule has 0 bridgehead atoms. The molecule has 162 valence electrons. The standard InChI is InChI=1S/C24H22N4O3S/c29-22(20-10-5-13-28(20)24(30)31-14-16-6-2-1-3-7-16)27-23-26-19(15-32-23)18-9-4-8-17-11-12-25-21(17)18/h1-4,6-9,11-12,15,20,25H,5,10,13-14H2,(H,26,27,29)/t20-/m0/s1. The zero-order valence-corrected chi connectivity index (χ0v) is 18.1. The fraction of sp³-hybridized carbons (Fsp3) is 0.208. The Morgan fingerprint density at radius 1 is 1.16 bits per heavy atom. The number of hydrogen-bond acceptors (Lipinski definition) is 5. The SMILES string of the molecule is O=C(Nc1nc(-c2cccc3cc[nH]c23)cs1)[C@@H]1CCCN1C(=O)OCc1ccccc1. The van der Waals surface area contributed by atoms with Crippen molar-refractivity contribution in [3.8, 4) is 11.3 Å². The molecule has 0 aliphatic carbocycles. The Labute approximate surface area is 189 Å². The van der Waals surface area contributed by atoms with E-state index in [-0.39, 0.29) is 12.5 Å². The topological polar surface area (TPSA) is 87.3 Å². The molecule has 0 radical (unpaired) electrons. The van der Waals surface area contributed by atoms with Gasteiger partial charge in [-0.05, 0) is 24.5 Å². The highest BCUT2D eigenvalue weighted by Gasteiger charge is 2.35. The van der Waals surface area contributed by atoms with E-state index in [1.807, 2.05) is 66.2 Å². The highest BCUT2D eigenvalue weighted by Crippen LogP contribution is 2.30. The van der Waals surface area contributed by atoms with Crippen molar-refractivity contribution in [2.75, 3.05) is 11.9 Å². The van der Waals surface area contributed by atoms with Crippen LogP contribution in [0.25, 0.3) is 22.2 Å². The average Bonchev–Trinajstić information content (AvgIpc) is 3.58. The van der Waals surface area contributed by atoms with Gasteiger partial charge in [-0.25, -0.2) is 9.78 Å². The summed E-state index contributed by atoms with van der Waals surface area (Å²) in [6.07, 6.45) is 2.79. The van der Waals surface area contributed by atoms with Gasteiger partial charge in [0.25, 0.3) is 0 Å². The number of para-hydroxylation sites is 1. The van der Waals surface area contributed by atoms with Crippen molar-refractivity contribution in [3.05, 3.63) is 71.7 Å². The molecule has 7 nitrogen and oxygen atoms in total. The van der Waals surface area contributed by atoms with E-state index in [1.165, 1.54) is 16.2 Å². The number of fused-ring (bicyclic) bond motifs is 1. The van der Waals surface area contributed by atoms with Crippen molar-refractivity contribution in [2.45, 2.75) is 25.5 Å². The molecule has 2 amide bonds. The minimum absolute atomic E-state index is 0.185. The van der Waals surface area contributed by atoms with Crippen molar-refractivity contribution in [1.82, 2.24) is 14.9 Å². The third-order valence-electron chi connectivity index (χ3n) is 5.59. The number of aromatic nitrogens is 2. The predicted octanol–water partition coefficient (Wildman–Crippen LogP) is 5.03. The Hall–Kier alpha value is -3.65. The summed E-state index contributed by atoms with van der Waals surface area (Å²) >= 11 is 1.37. The maximum atomic E-state index is 12.9. The number of likely N-dealkylation sites (tertiary alicyclic amines) is 1. The lowest BCUT2D eigenvalue weighted by molar-refractivity contribution is -0.120. The second-order valence-electron chi connectivity index (χ2n) is 7.67. The molecule has 1 atom stereocenters. The van der Waals surface area contributed by atoms with Crippen LogP contribution in [-0.2, 0) is 16.1 Å². The first-order valence-corrected chi connectivity index (χ1v) is 11.4. The number of nitrogens with one attached hydrogen (secondary N) is 2. The zero-order valence-electron chi connectivity index (χ0n) is 17.3. The van der Waals surface area contributed by atoms with Crippen molar-refractivity contribution >= 4 is 39.4 Å². The smallest absolute Gasteiger partial charge is 0.410 e. The van der Waals surface area contributed by atoms with E-state index in [0.717, 1.165) is 34.1 Å². The number of amides is 2. The van der Waals surface area contributed by atoms with Crippen LogP contribution in [0.3, 0.4) is 0 Å². The monoisotopic (exact) mass is 446 g/mol. The molecule has 2 aromatic carbocycles. The molecule has 5 rings (SSSR count). The summed E-state index contributed by atoms with van der Waals surface area (Å²) in [4.78, 5) is 34.9. The van der Waals surface area contributed by atoms with Gasteiger partial charge in [0.1, 0.15) is 12.6 Å². The largest absolute Gasteiger partial charge is 0.445 e. The van der Waals surface area contributed by atoms with Crippen molar-refractivity contribution in [3.63, 3.8) is 0 Å². The Morgan fingerprint density at radius 3 is 2.91 bits per heavy atom. The van der Waals surface area contributed by atoms with Gasteiger partial charge >= 0.3 is 6.09 Å². The number of anilines is 1. The van der Waals surface area contributed by atoms with Gasteiger partial charge in [-0.1, -0.05) is 48.5 Å². The number of rotatable bonds is 5. The van der Waals surface area contributed by atoms with Crippen LogP contribution in [0.4, 0.5) is 9.93 Å². The Bertz CT molecular complexity index is 1250. The summed E-state index contributed by atoms with van der Waals surface area (Å²) in [6.45, 7) is 0.689. The fourth-order valence-electron chi connectivity index (χ4n) is 4.00. The van der Waals surface area contributed by atoms with E-state index in [4.69, 9.17) is 4.74 Å². The Kier molecular flexibility index (Phi) is 5.60. The lowest BCUT2D eigenvalue weighted by Gasteiger charge is -2.22. The van der Waals surface area contributed by atoms with Crippen LogP contribution in [0.1, 0.15) is 18.4 Å². The number of hydrogen-bond donors (Lipinski definition) is 2. The number of nitrogens with zero attached hydrogens (tertiary/aromatic N) is 2. The van der Waals surface area contributed by atoms with E-state index >= 15 is 0 Å².